The average Bonchev–Trinajstić information content (AvgIpc) is 2.17. The van der Waals surface area contributed by atoms with Crippen LogP contribution in [-0.4, -0.2) is 23.2 Å². The van der Waals surface area contributed by atoms with Gasteiger partial charge in [-0.25, -0.2) is 0 Å². The molecule has 9 heavy (non-hydrogen) atoms. The fourth-order valence-electron chi connectivity index (χ4n) is 1.44. The van der Waals surface area contributed by atoms with Crippen molar-refractivity contribution < 1.29 is 5.11 Å². The number of aliphatic hydroxyl groups is 1. The molecular formula is C7H14OS. The monoisotopic (exact) mass is 146 g/mol. The Hall–Kier alpha value is 0.310. The predicted octanol–water partition coefficient (Wildman–Crippen LogP) is 1.51. The number of hydrogen-bond donors (Lipinski definition) is 1. The van der Waals surface area contributed by atoms with E-state index >= 15 is 0 Å². The van der Waals surface area contributed by atoms with Crippen LogP contribution in [0.1, 0.15) is 19.3 Å². The second kappa shape index (κ2) is 3.47. The quantitative estimate of drug-likeness (QED) is 0.637. The summed E-state index contributed by atoms with van der Waals surface area (Å²) in [4.78, 5) is 0. The zero-order valence-electron chi connectivity index (χ0n) is 5.84. The summed E-state index contributed by atoms with van der Waals surface area (Å²) in [5.74, 6) is 2.03. The molecule has 0 amide bonds. The SMILES string of the molecule is CSC[C@@H]1CCC(O)C1. The summed E-state index contributed by atoms with van der Waals surface area (Å²) in [6.45, 7) is 0. The minimum atomic E-state index is 0.0159. The zero-order valence-corrected chi connectivity index (χ0v) is 6.66. The first-order chi connectivity index (χ1) is 4.33. The summed E-state index contributed by atoms with van der Waals surface area (Å²) in [6, 6.07) is 0. The van der Waals surface area contributed by atoms with Crippen LogP contribution in [0.4, 0.5) is 0 Å². The summed E-state index contributed by atoms with van der Waals surface area (Å²) in [5.41, 5.74) is 0. The van der Waals surface area contributed by atoms with E-state index in [4.69, 9.17) is 5.11 Å². The smallest absolute Gasteiger partial charge is 0.0543 e. The van der Waals surface area contributed by atoms with Crippen LogP contribution in [0.25, 0.3) is 0 Å². The molecule has 1 saturated carbocycles. The van der Waals surface area contributed by atoms with E-state index in [1.165, 1.54) is 12.2 Å². The Morgan fingerprint density at radius 3 is 2.78 bits per heavy atom. The second-order valence-corrected chi connectivity index (χ2v) is 3.70. The third-order valence-electron chi connectivity index (χ3n) is 1.92. The van der Waals surface area contributed by atoms with Gasteiger partial charge in [0.25, 0.3) is 0 Å². The minimum absolute atomic E-state index is 0.0159. The van der Waals surface area contributed by atoms with Crippen molar-refractivity contribution in [1.82, 2.24) is 0 Å². The molecule has 0 spiro atoms. The topological polar surface area (TPSA) is 20.2 Å². The van der Waals surface area contributed by atoms with Gasteiger partial charge in [0.2, 0.25) is 0 Å². The van der Waals surface area contributed by atoms with Crippen LogP contribution in [0.3, 0.4) is 0 Å². The second-order valence-electron chi connectivity index (χ2n) is 2.79. The maximum Gasteiger partial charge on any atom is 0.0543 e. The van der Waals surface area contributed by atoms with Crippen LogP contribution in [-0.2, 0) is 0 Å². The summed E-state index contributed by atoms with van der Waals surface area (Å²) in [6.07, 6.45) is 5.46. The van der Waals surface area contributed by atoms with E-state index in [-0.39, 0.29) is 6.10 Å². The molecule has 0 aromatic rings. The summed E-state index contributed by atoms with van der Waals surface area (Å²) in [7, 11) is 0. The van der Waals surface area contributed by atoms with Gasteiger partial charge >= 0.3 is 0 Å². The highest BCUT2D eigenvalue weighted by molar-refractivity contribution is 7.98. The van der Waals surface area contributed by atoms with Crippen LogP contribution in [0.5, 0.6) is 0 Å². The van der Waals surface area contributed by atoms with Crippen LogP contribution in [0.2, 0.25) is 0 Å². The van der Waals surface area contributed by atoms with Crippen LogP contribution in [0, 0.1) is 5.92 Å². The van der Waals surface area contributed by atoms with Crippen molar-refractivity contribution >= 4 is 11.8 Å². The Morgan fingerprint density at radius 2 is 2.33 bits per heavy atom. The van der Waals surface area contributed by atoms with Gasteiger partial charge in [-0.3, -0.25) is 0 Å². The van der Waals surface area contributed by atoms with Gasteiger partial charge in [0.1, 0.15) is 0 Å². The Morgan fingerprint density at radius 1 is 1.56 bits per heavy atom. The fraction of sp³-hybridized carbons (Fsp3) is 1.00. The molecule has 0 heterocycles. The standard InChI is InChI=1S/C7H14OS/c1-9-5-6-2-3-7(8)4-6/h6-8H,2-5H2,1H3/t6-,7?/m1/s1. The molecule has 1 nitrogen and oxygen atoms in total. The Labute approximate surface area is 60.8 Å². The molecule has 2 heteroatoms. The van der Waals surface area contributed by atoms with E-state index in [2.05, 4.69) is 6.26 Å². The number of aliphatic hydroxyl groups excluding tert-OH is 1. The molecule has 1 aliphatic carbocycles. The van der Waals surface area contributed by atoms with Crippen molar-refractivity contribution in [2.45, 2.75) is 25.4 Å². The summed E-state index contributed by atoms with van der Waals surface area (Å²) in [5, 5.41) is 9.12. The Balaban J connectivity index is 2.14. The molecule has 54 valence electrons. The number of rotatable bonds is 2. The van der Waals surface area contributed by atoms with Gasteiger partial charge in [-0.15, -0.1) is 0 Å². The maximum atomic E-state index is 9.12. The molecule has 2 atom stereocenters. The molecular weight excluding hydrogens is 132 g/mol. The van der Waals surface area contributed by atoms with Gasteiger partial charge in [0, 0.05) is 0 Å². The van der Waals surface area contributed by atoms with Gasteiger partial charge in [0.15, 0.2) is 0 Å². The van der Waals surface area contributed by atoms with Gasteiger partial charge in [-0.2, -0.15) is 11.8 Å². The lowest BCUT2D eigenvalue weighted by Crippen LogP contribution is -2.01. The van der Waals surface area contributed by atoms with Crippen molar-refractivity contribution in [2.75, 3.05) is 12.0 Å². The molecule has 1 unspecified atom stereocenters. The Bertz CT molecular complexity index is 83.0. The van der Waals surface area contributed by atoms with Crippen LogP contribution < -0.4 is 0 Å². The van der Waals surface area contributed by atoms with E-state index in [0.717, 1.165) is 18.8 Å². The summed E-state index contributed by atoms with van der Waals surface area (Å²) < 4.78 is 0. The van der Waals surface area contributed by atoms with Gasteiger partial charge in [-0.1, -0.05) is 0 Å². The molecule has 0 saturated heterocycles. The lowest BCUT2D eigenvalue weighted by atomic mass is 10.1. The van der Waals surface area contributed by atoms with Crippen molar-refractivity contribution in [2.24, 2.45) is 5.92 Å². The molecule has 1 fully saturated rings. The highest BCUT2D eigenvalue weighted by atomic mass is 32.2. The van der Waals surface area contributed by atoms with Crippen molar-refractivity contribution in [3.63, 3.8) is 0 Å². The number of hydrogen-bond acceptors (Lipinski definition) is 2. The number of thioether (sulfide) groups is 1. The Kier molecular flexibility index (Phi) is 2.86. The zero-order chi connectivity index (χ0) is 6.69. The van der Waals surface area contributed by atoms with E-state index < -0.39 is 0 Å². The van der Waals surface area contributed by atoms with E-state index in [1.807, 2.05) is 11.8 Å². The molecule has 1 rings (SSSR count). The van der Waals surface area contributed by atoms with Crippen molar-refractivity contribution in [1.29, 1.82) is 0 Å². The molecule has 1 aliphatic rings. The van der Waals surface area contributed by atoms with Crippen LogP contribution in [0.15, 0.2) is 0 Å². The maximum absolute atomic E-state index is 9.12. The summed E-state index contributed by atoms with van der Waals surface area (Å²) >= 11 is 1.89. The van der Waals surface area contributed by atoms with E-state index in [1.54, 1.807) is 0 Å². The van der Waals surface area contributed by atoms with E-state index in [0.29, 0.717) is 0 Å². The molecule has 1 N–H and O–H groups in total. The first-order valence-corrected chi connectivity index (χ1v) is 4.89. The molecule has 0 aromatic heterocycles. The van der Waals surface area contributed by atoms with Gasteiger partial charge < -0.3 is 5.11 Å². The van der Waals surface area contributed by atoms with Crippen molar-refractivity contribution in [3.05, 3.63) is 0 Å². The molecule has 0 radical (unpaired) electrons. The normalized spacial score (nSPS) is 35.3. The first-order valence-electron chi connectivity index (χ1n) is 3.50. The van der Waals surface area contributed by atoms with Crippen molar-refractivity contribution in [3.8, 4) is 0 Å². The lowest BCUT2D eigenvalue weighted by Gasteiger charge is -2.04. The highest BCUT2D eigenvalue weighted by Crippen LogP contribution is 2.27. The first kappa shape index (κ1) is 7.42. The minimum Gasteiger partial charge on any atom is -0.393 e. The average molecular weight is 146 g/mol. The van der Waals surface area contributed by atoms with Gasteiger partial charge in [-0.05, 0) is 37.2 Å². The fourth-order valence-corrected chi connectivity index (χ4v) is 2.21. The third-order valence-corrected chi connectivity index (χ3v) is 2.72. The van der Waals surface area contributed by atoms with E-state index in [9.17, 15) is 0 Å². The van der Waals surface area contributed by atoms with Gasteiger partial charge in [0.05, 0.1) is 6.10 Å². The molecule has 0 bridgehead atoms. The third kappa shape index (κ3) is 2.18. The largest absolute Gasteiger partial charge is 0.393 e. The lowest BCUT2D eigenvalue weighted by molar-refractivity contribution is 0.179. The molecule has 0 aromatic carbocycles. The highest BCUT2D eigenvalue weighted by Gasteiger charge is 2.21. The van der Waals surface area contributed by atoms with Crippen LogP contribution >= 0.6 is 11.8 Å². The predicted molar refractivity (Wildman–Crippen MR) is 41.7 cm³/mol. The molecule has 0 aliphatic heterocycles.